The van der Waals surface area contributed by atoms with Crippen LogP contribution >= 0.6 is 23.8 Å². The number of carbonyl (C=O) groups is 1. The first-order valence-corrected chi connectivity index (χ1v) is 9.91. The van der Waals surface area contributed by atoms with E-state index in [9.17, 15) is 4.79 Å². The fourth-order valence-corrected chi connectivity index (χ4v) is 3.78. The number of rotatable bonds is 6. The van der Waals surface area contributed by atoms with Crippen LogP contribution in [0, 0.1) is 0 Å². The number of allylic oxidation sites excluding steroid dienone is 1. The van der Waals surface area contributed by atoms with E-state index in [-0.39, 0.29) is 11.8 Å². The van der Waals surface area contributed by atoms with Crippen LogP contribution in [0.4, 0.5) is 0 Å². The molecule has 1 heterocycles. The molecule has 1 atom stereocenters. The highest BCUT2D eigenvalue weighted by Crippen LogP contribution is 2.36. The molecule has 0 saturated carbocycles. The maximum absolute atomic E-state index is 12.3. The monoisotopic (exact) mass is 430 g/mol. The summed E-state index contributed by atoms with van der Waals surface area (Å²) >= 11 is 11.4. The summed E-state index contributed by atoms with van der Waals surface area (Å²) in [6.45, 7) is 3.83. The zero-order valence-electron chi connectivity index (χ0n) is 16.8. The zero-order chi connectivity index (χ0) is 21.1. The fourth-order valence-electron chi connectivity index (χ4n) is 3.31. The van der Waals surface area contributed by atoms with Gasteiger partial charge in [-0.2, -0.15) is 0 Å². The van der Waals surface area contributed by atoms with Gasteiger partial charge in [-0.25, -0.2) is 0 Å². The highest BCUT2D eigenvalue weighted by Gasteiger charge is 2.31. The van der Waals surface area contributed by atoms with Crippen molar-refractivity contribution in [2.45, 2.75) is 26.5 Å². The van der Waals surface area contributed by atoms with Crippen molar-refractivity contribution < 1.29 is 14.3 Å². The Labute approximate surface area is 181 Å². The second kappa shape index (κ2) is 8.84. The lowest BCUT2D eigenvalue weighted by Gasteiger charge is -2.35. The van der Waals surface area contributed by atoms with Gasteiger partial charge in [0.15, 0.2) is 22.4 Å². The van der Waals surface area contributed by atoms with E-state index >= 15 is 0 Å². The van der Waals surface area contributed by atoms with Crippen molar-refractivity contribution in [1.29, 1.82) is 0 Å². The molecule has 0 saturated heterocycles. The summed E-state index contributed by atoms with van der Waals surface area (Å²) in [6.07, 6.45) is 0. The van der Waals surface area contributed by atoms with E-state index in [2.05, 4.69) is 5.32 Å². The molecule has 2 aromatic rings. The fraction of sp³-hybridized carbons (Fsp3) is 0.273. The lowest BCUT2D eigenvalue weighted by atomic mass is 9.92. The predicted molar refractivity (Wildman–Crippen MR) is 118 cm³/mol. The van der Waals surface area contributed by atoms with Crippen LogP contribution < -0.4 is 14.8 Å². The van der Waals surface area contributed by atoms with Crippen molar-refractivity contribution in [1.82, 2.24) is 10.2 Å². The molecule has 5 nitrogen and oxygen atoms in total. The maximum Gasteiger partial charge on any atom is 0.173 e. The number of hydrogen-bond acceptors (Lipinski definition) is 4. The van der Waals surface area contributed by atoms with E-state index < -0.39 is 0 Å². The highest BCUT2D eigenvalue weighted by atomic mass is 35.5. The summed E-state index contributed by atoms with van der Waals surface area (Å²) in [4.78, 5) is 14.1. The molecule has 1 aliphatic heterocycles. The smallest absolute Gasteiger partial charge is 0.173 e. The molecule has 2 aromatic carbocycles. The molecule has 1 aliphatic rings. The molecule has 1 unspecified atom stereocenters. The first-order valence-electron chi connectivity index (χ1n) is 9.13. The van der Waals surface area contributed by atoms with Crippen molar-refractivity contribution >= 4 is 34.7 Å². The van der Waals surface area contributed by atoms with Crippen LogP contribution in [0.25, 0.3) is 0 Å². The van der Waals surface area contributed by atoms with Crippen LogP contribution in [-0.4, -0.2) is 30.0 Å². The average Bonchev–Trinajstić information content (AvgIpc) is 2.69. The molecule has 1 N–H and O–H groups in total. The zero-order valence-corrected chi connectivity index (χ0v) is 18.4. The normalized spacial score (nSPS) is 16.5. The van der Waals surface area contributed by atoms with Gasteiger partial charge in [0, 0.05) is 23.3 Å². The van der Waals surface area contributed by atoms with Gasteiger partial charge in [-0.1, -0.05) is 29.8 Å². The van der Waals surface area contributed by atoms with E-state index in [0.717, 1.165) is 16.8 Å². The van der Waals surface area contributed by atoms with Gasteiger partial charge < -0.3 is 19.7 Å². The Morgan fingerprint density at radius 3 is 2.66 bits per heavy atom. The third kappa shape index (κ3) is 4.54. The van der Waals surface area contributed by atoms with Crippen LogP contribution in [0.1, 0.15) is 31.0 Å². The van der Waals surface area contributed by atoms with Gasteiger partial charge >= 0.3 is 0 Å². The summed E-state index contributed by atoms with van der Waals surface area (Å²) in [5, 5.41) is 4.48. The Kier molecular flexibility index (Phi) is 6.45. The Hall–Kier alpha value is -2.57. The molecule has 0 fully saturated rings. The van der Waals surface area contributed by atoms with E-state index in [1.54, 1.807) is 14.0 Å². The number of carbonyl (C=O) groups excluding carboxylic acids is 1. The van der Waals surface area contributed by atoms with Gasteiger partial charge in [0.2, 0.25) is 0 Å². The van der Waals surface area contributed by atoms with Crippen LogP contribution in [0.3, 0.4) is 0 Å². The van der Waals surface area contributed by atoms with Gasteiger partial charge in [0.05, 0.1) is 13.2 Å². The lowest BCUT2D eigenvalue weighted by Crippen LogP contribution is -2.45. The molecule has 0 aromatic heterocycles. The van der Waals surface area contributed by atoms with E-state index in [1.807, 2.05) is 61.3 Å². The lowest BCUT2D eigenvalue weighted by molar-refractivity contribution is -0.114. The van der Waals surface area contributed by atoms with Crippen molar-refractivity contribution in [3.05, 3.63) is 69.9 Å². The number of nitrogens with zero attached hydrogens (tertiary/aromatic N) is 1. The van der Waals surface area contributed by atoms with Crippen LogP contribution in [0.5, 0.6) is 11.5 Å². The SMILES string of the molecule is COc1cc(C2NC(=S)N(C)C(C)=C2C(C)=O)ccc1OCc1cccc(Cl)c1. The molecule has 0 amide bonds. The Bertz CT molecular complexity index is 990. The van der Waals surface area contributed by atoms with Gasteiger partial charge in [-0.05, 0) is 61.5 Å². The van der Waals surface area contributed by atoms with Gasteiger partial charge in [-0.15, -0.1) is 0 Å². The largest absolute Gasteiger partial charge is 0.493 e. The number of halogens is 1. The summed E-state index contributed by atoms with van der Waals surface area (Å²) in [7, 11) is 3.43. The Balaban J connectivity index is 1.89. The molecular weight excluding hydrogens is 408 g/mol. The van der Waals surface area contributed by atoms with Gasteiger partial charge in [0.25, 0.3) is 0 Å². The van der Waals surface area contributed by atoms with Crippen LogP contribution in [0.15, 0.2) is 53.7 Å². The summed E-state index contributed by atoms with van der Waals surface area (Å²) < 4.78 is 11.5. The highest BCUT2D eigenvalue weighted by molar-refractivity contribution is 7.80. The van der Waals surface area contributed by atoms with Crippen molar-refractivity contribution in [3.63, 3.8) is 0 Å². The minimum atomic E-state index is -0.341. The number of benzene rings is 2. The van der Waals surface area contributed by atoms with Gasteiger partial charge in [-0.3, -0.25) is 4.79 Å². The number of ketones is 1. The van der Waals surface area contributed by atoms with Crippen molar-refractivity contribution in [2.75, 3.05) is 14.2 Å². The molecule has 7 heteroatoms. The molecular formula is C22H23ClN2O3S. The molecule has 0 radical (unpaired) electrons. The third-order valence-corrected chi connectivity index (χ3v) is 5.56. The molecule has 152 valence electrons. The molecule has 29 heavy (non-hydrogen) atoms. The average molecular weight is 431 g/mol. The number of Topliss-reactive ketones (excluding diaryl/α,β-unsaturated/α-hetero) is 1. The van der Waals surface area contributed by atoms with Crippen LogP contribution in [0.2, 0.25) is 5.02 Å². The van der Waals surface area contributed by atoms with Gasteiger partial charge in [0.1, 0.15) is 6.61 Å². The first-order chi connectivity index (χ1) is 13.8. The number of methoxy groups -OCH3 is 1. The maximum atomic E-state index is 12.3. The standard InChI is InChI=1S/C22H23ClN2O3S/c1-13-20(14(2)26)21(24-22(29)25(13)3)16-8-9-18(19(11-16)27-4)28-12-15-6-5-7-17(23)10-15/h5-11,21H,12H2,1-4H3,(H,24,29). The van der Waals surface area contributed by atoms with E-state index in [1.165, 1.54) is 0 Å². The second-order valence-electron chi connectivity index (χ2n) is 6.83. The number of nitrogens with one attached hydrogen (secondary N) is 1. The quantitative estimate of drug-likeness (QED) is 0.673. The van der Waals surface area contributed by atoms with Crippen LogP contribution in [-0.2, 0) is 11.4 Å². The number of thiocarbonyl (C=S) groups is 1. The second-order valence-corrected chi connectivity index (χ2v) is 7.65. The predicted octanol–water partition coefficient (Wildman–Crippen LogP) is 4.65. The summed E-state index contributed by atoms with van der Waals surface area (Å²) in [6, 6.07) is 12.8. The summed E-state index contributed by atoms with van der Waals surface area (Å²) in [5.74, 6) is 1.18. The number of hydrogen-bond donors (Lipinski definition) is 1. The van der Waals surface area contributed by atoms with E-state index in [4.69, 9.17) is 33.3 Å². The molecule has 3 rings (SSSR count). The Morgan fingerprint density at radius 1 is 1.24 bits per heavy atom. The molecule has 0 aliphatic carbocycles. The molecule has 0 spiro atoms. The van der Waals surface area contributed by atoms with E-state index in [0.29, 0.717) is 33.8 Å². The minimum Gasteiger partial charge on any atom is -0.493 e. The summed E-state index contributed by atoms with van der Waals surface area (Å²) in [5.41, 5.74) is 3.35. The third-order valence-electron chi connectivity index (χ3n) is 4.94. The minimum absolute atomic E-state index is 0.00500. The van der Waals surface area contributed by atoms with Crippen molar-refractivity contribution in [2.24, 2.45) is 0 Å². The molecule has 0 bridgehead atoms. The number of ether oxygens (including phenoxy) is 2. The van der Waals surface area contributed by atoms with Crippen molar-refractivity contribution in [3.8, 4) is 11.5 Å². The Morgan fingerprint density at radius 2 is 2.00 bits per heavy atom. The first kappa shape index (κ1) is 21.1. The topological polar surface area (TPSA) is 50.8 Å².